The Hall–Kier alpha value is -1.75. The number of rotatable bonds is 6. The molecule has 0 fully saturated rings. The molecule has 22 heavy (non-hydrogen) atoms. The van der Waals surface area contributed by atoms with E-state index < -0.39 is 0 Å². The first kappa shape index (κ1) is 16.6. The lowest BCUT2D eigenvalue weighted by atomic mass is 10.1. The molecule has 0 atom stereocenters. The Bertz CT molecular complexity index is 612. The zero-order valence-corrected chi connectivity index (χ0v) is 14.6. The molecule has 0 spiro atoms. The Labute approximate surface area is 146 Å². The fourth-order valence-corrected chi connectivity index (χ4v) is 2.94. The topological polar surface area (TPSA) is 3.24 Å². The third kappa shape index (κ3) is 4.91. The maximum Gasteiger partial charge on any atom is 0.0242 e. The zero-order chi connectivity index (χ0) is 15.8. The summed E-state index contributed by atoms with van der Waals surface area (Å²) in [6.45, 7) is 2.89. The average molecular weight is 399 g/mol. The first-order chi connectivity index (χ1) is 10.7. The highest BCUT2D eigenvalue weighted by Crippen LogP contribution is 2.12. The molecule has 0 radical (unpaired) electrons. The maximum absolute atomic E-state index is 5.40. The van der Waals surface area contributed by atoms with Crippen LogP contribution in [0, 0.1) is 24.7 Å². The van der Waals surface area contributed by atoms with Crippen molar-refractivity contribution >= 4 is 22.6 Å². The van der Waals surface area contributed by atoms with Gasteiger partial charge in [0.05, 0.1) is 0 Å². The van der Waals surface area contributed by atoms with E-state index in [1.54, 1.807) is 0 Å². The summed E-state index contributed by atoms with van der Waals surface area (Å²) in [4.78, 5) is 2.43. The van der Waals surface area contributed by atoms with E-state index in [0.29, 0.717) is 0 Å². The summed E-state index contributed by atoms with van der Waals surface area (Å²) in [5, 5.41) is 0. The highest BCUT2D eigenvalue weighted by molar-refractivity contribution is 14.1. The van der Waals surface area contributed by atoms with Crippen LogP contribution >= 0.6 is 22.6 Å². The van der Waals surface area contributed by atoms with Crippen molar-refractivity contribution in [2.45, 2.75) is 13.1 Å². The second kappa shape index (κ2) is 8.63. The van der Waals surface area contributed by atoms with Crippen molar-refractivity contribution in [3.8, 4) is 24.7 Å². The molecule has 0 aliphatic rings. The van der Waals surface area contributed by atoms with E-state index in [9.17, 15) is 0 Å². The van der Waals surface area contributed by atoms with E-state index >= 15 is 0 Å². The Morgan fingerprint density at radius 3 is 1.50 bits per heavy atom. The minimum absolute atomic E-state index is 0.921. The van der Waals surface area contributed by atoms with E-state index in [1.807, 2.05) is 24.3 Å². The predicted molar refractivity (Wildman–Crippen MR) is 102 cm³/mol. The predicted octanol–water partition coefficient (Wildman–Crippen LogP) is 4.09. The molecule has 1 nitrogen and oxygen atoms in total. The highest BCUT2D eigenvalue weighted by Gasteiger charge is 2.07. The van der Waals surface area contributed by atoms with Crippen LogP contribution in [0.15, 0.2) is 48.5 Å². The standard InChI is InChI=1S/C20H18IN/c1-3-17-5-9-19(10-6-17)15-22(14-13-21)16-20-11-7-18(4-2)8-12-20/h1-2,5-12H,13-16H2. The Morgan fingerprint density at radius 2 is 1.18 bits per heavy atom. The fourth-order valence-electron chi connectivity index (χ4n) is 2.26. The van der Waals surface area contributed by atoms with Gasteiger partial charge in [0.2, 0.25) is 0 Å². The number of alkyl halides is 1. The minimum Gasteiger partial charge on any atom is -0.294 e. The van der Waals surface area contributed by atoms with E-state index in [2.05, 4.69) is 63.6 Å². The summed E-state index contributed by atoms with van der Waals surface area (Å²) in [6, 6.07) is 16.4. The van der Waals surface area contributed by atoms with Gasteiger partial charge in [-0.3, -0.25) is 4.90 Å². The fraction of sp³-hybridized carbons (Fsp3) is 0.200. The summed E-state index contributed by atoms with van der Waals surface area (Å²) in [5.74, 6) is 5.30. The second-order valence-corrected chi connectivity index (χ2v) is 6.16. The minimum atomic E-state index is 0.921. The van der Waals surface area contributed by atoms with Gasteiger partial charge in [-0.25, -0.2) is 0 Å². The second-order valence-electron chi connectivity index (χ2n) is 5.08. The summed E-state index contributed by atoms with van der Waals surface area (Å²) < 4.78 is 1.10. The molecule has 0 aromatic heterocycles. The first-order valence-corrected chi connectivity index (χ1v) is 8.67. The molecule has 0 aliphatic heterocycles. The molecule has 0 amide bonds. The van der Waals surface area contributed by atoms with Gasteiger partial charge in [-0.2, -0.15) is 0 Å². The molecule has 0 heterocycles. The largest absolute Gasteiger partial charge is 0.294 e. The van der Waals surface area contributed by atoms with Gasteiger partial charge in [0, 0.05) is 35.2 Å². The van der Waals surface area contributed by atoms with Gasteiger partial charge in [-0.05, 0) is 35.4 Å². The normalized spacial score (nSPS) is 10.2. The first-order valence-electron chi connectivity index (χ1n) is 7.14. The third-order valence-electron chi connectivity index (χ3n) is 3.45. The van der Waals surface area contributed by atoms with Crippen LogP contribution in [0.1, 0.15) is 22.3 Å². The molecule has 0 N–H and O–H groups in total. The van der Waals surface area contributed by atoms with Gasteiger partial charge < -0.3 is 0 Å². The SMILES string of the molecule is C#Cc1ccc(CN(CCI)Cc2ccc(C#C)cc2)cc1. The lowest BCUT2D eigenvalue weighted by Gasteiger charge is -2.21. The number of halogens is 1. The monoisotopic (exact) mass is 399 g/mol. The molecule has 110 valence electrons. The Kier molecular flexibility index (Phi) is 6.52. The van der Waals surface area contributed by atoms with Gasteiger partial charge in [-0.15, -0.1) is 12.8 Å². The smallest absolute Gasteiger partial charge is 0.0242 e. The summed E-state index contributed by atoms with van der Waals surface area (Å²) in [5.41, 5.74) is 4.41. The van der Waals surface area contributed by atoms with Crippen LogP contribution < -0.4 is 0 Å². The lowest BCUT2D eigenvalue weighted by Crippen LogP contribution is -2.24. The van der Waals surface area contributed by atoms with Crippen molar-refractivity contribution in [1.82, 2.24) is 4.90 Å². The van der Waals surface area contributed by atoms with Crippen molar-refractivity contribution < 1.29 is 0 Å². The van der Waals surface area contributed by atoms with E-state index in [4.69, 9.17) is 12.8 Å². The molecular formula is C20H18IN. The quantitative estimate of drug-likeness (QED) is 0.402. The van der Waals surface area contributed by atoms with E-state index in [-0.39, 0.29) is 0 Å². The van der Waals surface area contributed by atoms with Crippen LogP contribution in [-0.2, 0) is 13.1 Å². The van der Waals surface area contributed by atoms with Crippen molar-refractivity contribution in [2.75, 3.05) is 11.0 Å². The van der Waals surface area contributed by atoms with Crippen LogP contribution in [0.25, 0.3) is 0 Å². The van der Waals surface area contributed by atoms with Crippen molar-refractivity contribution in [2.24, 2.45) is 0 Å². The van der Waals surface area contributed by atoms with E-state index in [1.165, 1.54) is 11.1 Å². The molecule has 2 aromatic rings. The van der Waals surface area contributed by atoms with Crippen molar-refractivity contribution in [3.05, 3.63) is 70.8 Å². The lowest BCUT2D eigenvalue weighted by molar-refractivity contribution is 0.275. The molecule has 0 bridgehead atoms. The highest BCUT2D eigenvalue weighted by atomic mass is 127. The maximum atomic E-state index is 5.40. The van der Waals surface area contributed by atoms with Crippen LogP contribution in [0.5, 0.6) is 0 Å². The van der Waals surface area contributed by atoms with Gasteiger partial charge in [0.1, 0.15) is 0 Å². The van der Waals surface area contributed by atoms with Gasteiger partial charge in [-0.1, -0.05) is 58.7 Å². The van der Waals surface area contributed by atoms with Crippen LogP contribution in [-0.4, -0.2) is 15.9 Å². The molecule has 0 unspecified atom stereocenters. The Balaban J connectivity index is 2.05. The third-order valence-corrected chi connectivity index (χ3v) is 3.94. The Morgan fingerprint density at radius 1 is 0.773 bits per heavy atom. The molecule has 0 aliphatic carbocycles. The van der Waals surface area contributed by atoms with Crippen LogP contribution in [0.3, 0.4) is 0 Å². The van der Waals surface area contributed by atoms with Crippen LogP contribution in [0.2, 0.25) is 0 Å². The summed E-state index contributed by atoms with van der Waals surface area (Å²) >= 11 is 2.42. The summed E-state index contributed by atoms with van der Waals surface area (Å²) in [7, 11) is 0. The summed E-state index contributed by atoms with van der Waals surface area (Å²) in [6.07, 6.45) is 10.8. The molecule has 2 aromatic carbocycles. The van der Waals surface area contributed by atoms with Crippen molar-refractivity contribution in [3.63, 3.8) is 0 Å². The number of benzene rings is 2. The average Bonchev–Trinajstić information content (AvgIpc) is 2.56. The molecule has 0 saturated carbocycles. The number of terminal acetylenes is 2. The van der Waals surface area contributed by atoms with Gasteiger partial charge in [0.25, 0.3) is 0 Å². The van der Waals surface area contributed by atoms with E-state index in [0.717, 1.165) is 35.2 Å². The number of hydrogen-bond donors (Lipinski definition) is 0. The molecular weight excluding hydrogens is 381 g/mol. The van der Waals surface area contributed by atoms with Crippen molar-refractivity contribution in [1.29, 1.82) is 0 Å². The number of hydrogen-bond acceptors (Lipinski definition) is 1. The zero-order valence-electron chi connectivity index (χ0n) is 12.4. The van der Waals surface area contributed by atoms with Crippen LogP contribution in [0.4, 0.5) is 0 Å². The molecule has 0 saturated heterocycles. The molecule has 2 heteroatoms. The van der Waals surface area contributed by atoms with Gasteiger partial charge in [0.15, 0.2) is 0 Å². The van der Waals surface area contributed by atoms with Gasteiger partial charge >= 0.3 is 0 Å². The molecule has 2 rings (SSSR count). The number of nitrogens with zero attached hydrogens (tertiary/aromatic N) is 1.